The van der Waals surface area contributed by atoms with Gasteiger partial charge < -0.3 is 19.4 Å². The maximum Gasteiger partial charge on any atom is 0.420 e. The molecule has 5 aromatic rings. The fraction of sp³-hybridized carbons (Fsp3) is 0.323. The van der Waals surface area contributed by atoms with Gasteiger partial charge in [0.25, 0.3) is 0 Å². The number of rotatable bonds is 8. The molecule has 11 heteroatoms. The fourth-order valence-electron chi connectivity index (χ4n) is 5.10. The minimum atomic E-state index is -4.67. The number of benzene rings is 3. The maximum absolute atomic E-state index is 14.4. The van der Waals surface area contributed by atoms with Gasteiger partial charge in [-0.3, -0.25) is 0 Å². The third-order valence-electron chi connectivity index (χ3n) is 7.24. The van der Waals surface area contributed by atoms with Gasteiger partial charge in [-0.25, -0.2) is 9.37 Å². The van der Waals surface area contributed by atoms with Crippen LogP contribution in [0.5, 0.6) is 0 Å². The van der Waals surface area contributed by atoms with Crippen LogP contribution in [0, 0.1) is 5.82 Å². The van der Waals surface area contributed by atoms with Crippen LogP contribution in [0.3, 0.4) is 0 Å². The van der Waals surface area contributed by atoms with E-state index in [1.54, 1.807) is 43.7 Å². The van der Waals surface area contributed by atoms with Gasteiger partial charge in [-0.15, -0.1) is 10.2 Å². The van der Waals surface area contributed by atoms with Gasteiger partial charge in [-0.05, 0) is 91.3 Å². The van der Waals surface area contributed by atoms with Crippen LogP contribution in [-0.4, -0.2) is 37.0 Å². The van der Waals surface area contributed by atoms with E-state index < -0.39 is 23.2 Å². The molecule has 2 aromatic heterocycles. The zero-order chi connectivity index (χ0) is 29.8. The first-order valence-corrected chi connectivity index (χ1v) is 13.6. The van der Waals surface area contributed by atoms with Crippen LogP contribution in [0.1, 0.15) is 49.3 Å². The van der Waals surface area contributed by atoms with Gasteiger partial charge in [0.15, 0.2) is 11.4 Å². The summed E-state index contributed by atoms with van der Waals surface area (Å²) >= 11 is 0. The van der Waals surface area contributed by atoms with E-state index in [4.69, 9.17) is 4.42 Å². The van der Waals surface area contributed by atoms with Crippen LogP contribution in [-0.2, 0) is 19.8 Å². The topological polar surface area (TPSA) is 89.0 Å². The van der Waals surface area contributed by atoms with E-state index in [9.17, 15) is 22.7 Å². The highest BCUT2D eigenvalue weighted by Gasteiger charge is 2.36. The fourth-order valence-corrected chi connectivity index (χ4v) is 5.10. The molecular formula is C31H29F4N5O2. The van der Waals surface area contributed by atoms with Crippen molar-refractivity contribution >= 4 is 11.1 Å². The lowest BCUT2D eigenvalue weighted by Crippen LogP contribution is -2.34. The molecule has 1 saturated carbocycles. The number of hydrogen-bond donors (Lipinski definition) is 2. The molecule has 1 aliphatic rings. The number of alkyl halides is 3. The molecule has 0 atom stereocenters. The van der Waals surface area contributed by atoms with Crippen molar-refractivity contribution in [3.8, 4) is 34.0 Å². The van der Waals surface area contributed by atoms with Crippen molar-refractivity contribution < 1.29 is 27.1 Å². The summed E-state index contributed by atoms with van der Waals surface area (Å²) in [4.78, 5) is 4.50. The quantitative estimate of drug-likeness (QED) is 0.196. The molecule has 1 aliphatic carbocycles. The Morgan fingerprint density at radius 3 is 2.45 bits per heavy atom. The van der Waals surface area contributed by atoms with Gasteiger partial charge in [-0.2, -0.15) is 13.2 Å². The van der Waals surface area contributed by atoms with Crippen molar-refractivity contribution in [2.45, 2.75) is 50.9 Å². The molecule has 0 bridgehead atoms. The second-order valence-electron chi connectivity index (χ2n) is 11.5. The summed E-state index contributed by atoms with van der Waals surface area (Å²) < 4.78 is 64.3. The summed E-state index contributed by atoms with van der Waals surface area (Å²) in [5, 5.41) is 21.0. The largest absolute Gasteiger partial charge is 0.435 e. The molecule has 0 unspecified atom stereocenters. The van der Waals surface area contributed by atoms with Gasteiger partial charge in [0.05, 0.1) is 5.60 Å². The molecule has 0 amide bonds. The summed E-state index contributed by atoms with van der Waals surface area (Å²) in [7, 11) is 1.76. The van der Waals surface area contributed by atoms with Gasteiger partial charge in [0.1, 0.15) is 23.2 Å². The normalized spacial score (nSPS) is 14.2. The van der Waals surface area contributed by atoms with E-state index in [0.29, 0.717) is 34.0 Å². The Morgan fingerprint density at radius 1 is 1.02 bits per heavy atom. The van der Waals surface area contributed by atoms with Crippen LogP contribution < -0.4 is 5.32 Å². The van der Waals surface area contributed by atoms with Crippen molar-refractivity contribution in [1.29, 1.82) is 0 Å². The highest BCUT2D eigenvalue weighted by Crippen LogP contribution is 2.45. The van der Waals surface area contributed by atoms with Crippen molar-refractivity contribution in [2.75, 3.05) is 6.54 Å². The van der Waals surface area contributed by atoms with E-state index in [1.807, 2.05) is 12.1 Å². The molecule has 218 valence electrons. The molecule has 0 saturated heterocycles. The maximum atomic E-state index is 14.4. The second kappa shape index (κ2) is 10.3. The number of aliphatic hydroxyl groups is 1. The van der Waals surface area contributed by atoms with Crippen LogP contribution in [0.2, 0.25) is 0 Å². The molecular weight excluding hydrogens is 550 g/mol. The number of hydrogen-bond acceptors (Lipinski definition) is 6. The van der Waals surface area contributed by atoms with E-state index in [2.05, 4.69) is 20.5 Å². The van der Waals surface area contributed by atoms with Gasteiger partial charge in [0.2, 0.25) is 5.89 Å². The lowest BCUT2D eigenvalue weighted by Gasteiger charge is -2.18. The molecule has 0 spiro atoms. The minimum Gasteiger partial charge on any atom is -0.435 e. The molecule has 6 rings (SSSR count). The highest BCUT2D eigenvalue weighted by molar-refractivity contribution is 5.85. The number of halogens is 4. The van der Waals surface area contributed by atoms with Crippen LogP contribution >= 0.6 is 0 Å². The average Bonchev–Trinajstić information content (AvgIpc) is 3.54. The summed E-state index contributed by atoms with van der Waals surface area (Å²) in [6.07, 6.45) is -1.15. The number of fused-ring (bicyclic) bond motifs is 1. The number of oxazole rings is 1. The number of aromatic nitrogens is 4. The van der Waals surface area contributed by atoms with Crippen molar-refractivity contribution in [1.82, 2.24) is 25.1 Å². The van der Waals surface area contributed by atoms with Gasteiger partial charge >= 0.3 is 6.18 Å². The first kappa shape index (κ1) is 28.0. The smallest absolute Gasteiger partial charge is 0.420 e. The Morgan fingerprint density at radius 2 is 1.79 bits per heavy atom. The second-order valence-corrected chi connectivity index (χ2v) is 11.5. The monoisotopic (exact) mass is 579 g/mol. The molecule has 3 aromatic carbocycles. The molecule has 2 N–H and O–H groups in total. The SMILES string of the molecule is Cn1cnnc1-c1cc(F)ccc1-c1cc(-c2nc3cc(CNCC(C)(C)O)cc(C(F)(F)F)c3o2)cc(C2CC2)c1. The highest BCUT2D eigenvalue weighted by atomic mass is 19.4. The van der Waals surface area contributed by atoms with Crippen molar-refractivity contribution in [3.63, 3.8) is 0 Å². The Hall–Kier alpha value is -4.09. The van der Waals surface area contributed by atoms with Crippen molar-refractivity contribution in [3.05, 3.63) is 77.4 Å². The average molecular weight is 580 g/mol. The molecule has 1 fully saturated rings. The number of nitrogens with one attached hydrogen (secondary N) is 1. The van der Waals surface area contributed by atoms with E-state index in [0.717, 1.165) is 30.0 Å². The van der Waals surface area contributed by atoms with Gasteiger partial charge in [-0.1, -0.05) is 12.1 Å². The summed E-state index contributed by atoms with van der Waals surface area (Å²) in [6, 6.07) is 12.7. The zero-order valence-corrected chi connectivity index (χ0v) is 23.3. The summed E-state index contributed by atoms with van der Waals surface area (Å²) in [5.41, 5.74) is 1.67. The van der Waals surface area contributed by atoms with E-state index in [-0.39, 0.29) is 30.1 Å². The van der Waals surface area contributed by atoms with Crippen LogP contribution in [0.15, 0.2) is 59.3 Å². The molecule has 2 heterocycles. The number of nitrogens with zero attached hydrogens (tertiary/aromatic N) is 4. The van der Waals surface area contributed by atoms with E-state index >= 15 is 0 Å². The lowest BCUT2D eigenvalue weighted by atomic mass is 9.94. The predicted molar refractivity (Wildman–Crippen MR) is 150 cm³/mol. The molecule has 7 nitrogen and oxygen atoms in total. The Bertz CT molecular complexity index is 1780. The Labute approximate surface area is 239 Å². The Balaban J connectivity index is 1.47. The Kier molecular flexibility index (Phi) is 6.89. The zero-order valence-electron chi connectivity index (χ0n) is 23.3. The van der Waals surface area contributed by atoms with Crippen molar-refractivity contribution in [2.24, 2.45) is 7.05 Å². The molecule has 42 heavy (non-hydrogen) atoms. The first-order chi connectivity index (χ1) is 19.9. The standard InChI is InChI=1S/C31H29F4N5O2/c1-30(2,41)15-36-14-17-8-25(31(33,34)35)27-26(9-17)38-29(42-27)21-11-19(18-4-5-18)10-20(12-21)23-7-6-22(32)13-24(23)28-39-37-16-40(28)3/h6-13,16,18,36,41H,4-5,14-15H2,1-3H3. The van der Waals surface area contributed by atoms with E-state index in [1.165, 1.54) is 18.5 Å². The summed E-state index contributed by atoms with van der Waals surface area (Å²) in [5.74, 6) is 0.418. The third kappa shape index (κ3) is 5.79. The molecule has 0 aliphatic heterocycles. The van der Waals surface area contributed by atoms with Gasteiger partial charge in [0, 0.05) is 31.3 Å². The van der Waals surface area contributed by atoms with Crippen LogP contribution in [0.4, 0.5) is 17.6 Å². The molecule has 0 radical (unpaired) electrons. The minimum absolute atomic E-state index is 0.0585. The summed E-state index contributed by atoms with van der Waals surface area (Å²) in [6.45, 7) is 3.54. The van der Waals surface area contributed by atoms with Crippen LogP contribution in [0.25, 0.3) is 45.1 Å². The lowest BCUT2D eigenvalue weighted by molar-refractivity contribution is -0.136. The predicted octanol–water partition coefficient (Wildman–Crippen LogP) is 6.85. The first-order valence-electron chi connectivity index (χ1n) is 13.6. The number of aryl methyl sites for hydroxylation is 1. The third-order valence-corrected chi connectivity index (χ3v) is 7.24.